The fraction of sp³-hybridized carbons (Fsp3) is 0.467. The Hall–Kier alpha value is -1.46. The third kappa shape index (κ3) is 2.69. The van der Waals surface area contributed by atoms with Crippen molar-refractivity contribution < 1.29 is 4.79 Å². The number of benzene rings is 1. The molecule has 1 aliphatic carbocycles. The van der Waals surface area contributed by atoms with Crippen LogP contribution >= 0.6 is 11.3 Å². The number of fused-ring (bicyclic) bond motifs is 1. The topological polar surface area (TPSA) is 68.0 Å². The molecule has 20 heavy (non-hydrogen) atoms. The van der Waals surface area contributed by atoms with Gasteiger partial charge < -0.3 is 11.1 Å². The average molecular weight is 289 g/mol. The van der Waals surface area contributed by atoms with Crippen LogP contribution in [0.25, 0.3) is 10.2 Å². The van der Waals surface area contributed by atoms with Crippen LogP contribution in [0.15, 0.2) is 18.2 Å². The van der Waals surface area contributed by atoms with E-state index in [4.69, 9.17) is 5.73 Å². The molecule has 1 heterocycles. The fourth-order valence-electron chi connectivity index (χ4n) is 2.05. The molecule has 0 radical (unpaired) electrons. The lowest BCUT2D eigenvalue weighted by Crippen LogP contribution is -2.39. The summed E-state index contributed by atoms with van der Waals surface area (Å²) in [5.41, 5.74) is 7.66. The first kappa shape index (κ1) is 13.5. The number of carbonyl (C=O) groups is 1. The van der Waals surface area contributed by atoms with Crippen molar-refractivity contribution in [2.24, 2.45) is 11.7 Å². The van der Waals surface area contributed by atoms with E-state index < -0.39 is 6.04 Å². The molecule has 0 spiro atoms. The van der Waals surface area contributed by atoms with Gasteiger partial charge in [0.15, 0.2) is 0 Å². The van der Waals surface area contributed by atoms with Crippen molar-refractivity contribution in [2.75, 3.05) is 5.32 Å². The molecule has 1 amide bonds. The molecule has 0 unspecified atom stereocenters. The molecule has 3 N–H and O–H groups in total. The van der Waals surface area contributed by atoms with Gasteiger partial charge in [-0.1, -0.05) is 13.8 Å². The molecule has 1 aliphatic rings. The first-order valence-corrected chi connectivity index (χ1v) is 7.83. The number of anilines is 1. The van der Waals surface area contributed by atoms with Crippen molar-refractivity contribution in [2.45, 2.75) is 38.6 Å². The minimum absolute atomic E-state index is 0.128. The maximum absolute atomic E-state index is 12.0. The van der Waals surface area contributed by atoms with E-state index in [1.807, 2.05) is 32.0 Å². The largest absolute Gasteiger partial charge is 0.325 e. The molecule has 5 heteroatoms. The van der Waals surface area contributed by atoms with Gasteiger partial charge in [-0.3, -0.25) is 4.79 Å². The van der Waals surface area contributed by atoms with E-state index in [9.17, 15) is 4.79 Å². The average Bonchev–Trinajstić information content (AvgIpc) is 3.17. The first-order valence-electron chi connectivity index (χ1n) is 7.01. The molecule has 1 fully saturated rings. The number of rotatable bonds is 4. The summed E-state index contributed by atoms with van der Waals surface area (Å²) in [6.45, 7) is 3.89. The van der Waals surface area contributed by atoms with E-state index in [0.29, 0.717) is 5.92 Å². The number of nitrogens with two attached hydrogens (primary N) is 1. The molecule has 3 rings (SSSR count). The van der Waals surface area contributed by atoms with Crippen LogP contribution in [-0.4, -0.2) is 16.9 Å². The minimum atomic E-state index is -0.478. The van der Waals surface area contributed by atoms with E-state index in [2.05, 4.69) is 10.3 Å². The summed E-state index contributed by atoms with van der Waals surface area (Å²) < 4.78 is 1.13. The van der Waals surface area contributed by atoms with Crippen molar-refractivity contribution in [1.29, 1.82) is 0 Å². The molecular weight excluding hydrogens is 270 g/mol. The number of amides is 1. The Labute approximate surface area is 122 Å². The highest BCUT2D eigenvalue weighted by atomic mass is 32.1. The third-order valence-corrected chi connectivity index (χ3v) is 4.80. The SMILES string of the molecule is CC(C)[C@H](N)C(=O)Nc1ccc2nc(C3CC3)sc2c1. The number of carbonyl (C=O) groups excluding carboxylic acids is 1. The molecule has 0 saturated heterocycles. The zero-order valence-corrected chi connectivity index (χ0v) is 12.5. The maximum Gasteiger partial charge on any atom is 0.241 e. The van der Waals surface area contributed by atoms with Gasteiger partial charge in [-0.25, -0.2) is 4.98 Å². The highest BCUT2D eigenvalue weighted by Crippen LogP contribution is 2.43. The predicted molar refractivity (Wildman–Crippen MR) is 83.0 cm³/mol. The van der Waals surface area contributed by atoms with Gasteiger partial charge >= 0.3 is 0 Å². The van der Waals surface area contributed by atoms with Crippen molar-refractivity contribution in [1.82, 2.24) is 4.98 Å². The normalized spacial score (nSPS) is 16.6. The molecule has 1 saturated carbocycles. The second-order valence-electron chi connectivity index (χ2n) is 5.77. The number of thiazole rings is 1. The van der Waals surface area contributed by atoms with E-state index >= 15 is 0 Å². The van der Waals surface area contributed by atoms with Gasteiger partial charge in [0.2, 0.25) is 5.91 Å². The lowest BCUT2D eigenvalue weighted by Gasteiger charge is -2.15. The van der Waals surface area contributed by atoms with Crippen molar-refractivity contribution in [3.8, 4) is 0 Å². The van der Waals surface area contributed by atoms with Crippen LogP contribution in [0.1, 0.15) is 37.6 Å². The Morgan fingerprint density at radius 3 is 2.85 bits per heavy atom. The smallest absolute Gasteiger partial charge is 0.241 e. The van der Waals surface area contributed by atoms with E-state index in [-0.39, 0.29) is 11.8 Å². The van der Waals surface area contributed by atoms with Crippen molar-refractivity contribution >= 4 is 33.1 Å². The highest BCUT2D eigenvalue weighted by Gasteiger charge is 2.27. The van der Waals surface area contributed by atoms with Crippen LogP contribution < -0.4 is 11.1 Å². The summed E-state index contributed by atoms with van der Waals surface area (Å²) in [5.74, 6) is 0.662. The molecule has 1 atom stereocenters. The van der Waals surface area contributed by atoms with Gasteiger partial charge in [-0.05, 0) is 37.0 Å². The van der Waals surface area contributed by atoms with E-state index in [0.717, 1.165) is 15.9 Å². The Morgan fingerprint density at radius 1 is 1.45 bits per heavy atom. The fourth-order valence-corrected chi connectivity index (χ4v) is 3.23. The van der Waals surface area contributed by atoms with Crippen LogP contribution in [0, 0.1) is 5.92 Å². The molecule has 2 aromatic rings. The van der Waals surface area contributed by atoms with Crippen molar-refractivity contribution in [3.05, 3.63) is 23.2 Å². The molecule has 4 nitrogen and oxygen atoms in total. The molecule has 0 aliphatic heterocycles. The van der Waals surface area contributed by atoms with Crippen LogP contribution in [-0.2, 0) is 4.79 Å². The molecular formula is C15H19N3OS. The summed E-state index contributed by atoms with van der Waals surface area (Å²) in [5, 5.41) is 4.11. The number of hydrogen-bond donors (Lipinski definition) is 2. The van der Waals surface area contributed by atoms with Gasteiger partial charge in [0, 0.05) is 11.6 Å². The monoisotopic (exact) mass is 289 g/mol. The van der Waals surface area contributed by atoms with Gasteiger partial charge in [0.1, 0.15) is 0 Å². The lowest BCUT2D eigenvalue weighted by molar-refractivity contribution is -0.118. The summed E-state index contributed by atoms with van der Waals surface area (Å²) in [7, 11) is 0. The number of nitrogens with zero attached hydrogens (tertiary/aromatic N) is 1. The summed E-state index contributed by atoms with van der Waals surface area (Å²) in [6, 6.07) is 5.37. The number of nitrogens with one attached hydrogen (secondary N) is 1. The summed E-state index contributed by atoms with van der Waals surface area (Å²) in [6.07, 6.45) is 2.51. The standard InChI is InChI=1S/C15H19N3OS/c1-8(2)13(16)14(19)17-10-5-6-11-12(7-10)20-15(18-11)9-3-4-9/h5-9,13H,3-4,16H2,1-2H3,(H,17,19)/t13-/m0/s1. The zero-order valence-electron chi connectivity index (χ0n) is 11.7. The van der Waals surface area contributed by atoms with Gasteiger partial charge in [-0.2, -0.15) is 0 Å². The van der Waals surface area contributed by atoms with Gasteiger partial charge in [0.05, 0.1) is 21.3 Å². The number of hydrogen-bond acceptors (Lipinski definition) is 4. The molecule has 106 valence electrons. The van der Waals surface area contributed by atoms with E-state index in [1.54, 1.807) is 11.3 Å². The molecule has 0 bridgehead atoms. The third-order valence-electron chi connectivity index (χ3n) is 3.62. The molecule has 1 aromatic carbocycles. The predicted octanol–water partition coefficient (Wildman–Crippen LogP) is 3.10. The number of aromatic nitrogens is 1. The van der Waals surface area contributed by atoms with Gasteiger partial charge in [0.25, 0.3) is 0 Å². The Kier molecular flexibility index (Phi) is 3.48. The quantitative estimate of drug-likeness (QED) is 0.908. The highest BCUT2D eigenvalue weighted by molar-refractivity contribution is 7.18. The minimum Gasteiger partial charge on any atom is -0.325 e. The molecule has 1 aromatic heterocycles. The van der Waals surface area contributed by atoms with Crippen LogP contribution in [0.5, 0.6) is 0 Å². The van der Waals surface area contributed by atoms with Gasteiger partial charge in [-0.15, -0.1) is 11.3 Å². The Bertz CT molecular complexity index is 646. The Morgan fingerprint density at radius 2 is 2.20 bits per heavy atom. The van der Waals surface area contributed by atoms with E-state index in [1.165, 1.54) is 17.8 Å². The van der Waals surface area contributed by atoms with Crippen LogP contribution in [0.4, 0.5) is 5.69 Å². The summed E-state index contributed by atoms with van der Waals surface area (Å²) >= 11 is 1.73. The van der Waals surface area contributed by atoms with Crippen molar-refractivity contribution in [3.63, 3.8) is 0 Å². The lowest BCUT2D eigenvalue weighted by atomic mass is 10.0. The maximum atomic E-state index is 12.0. The first-order chi connectivity index (χ1) is 9.54. The van der Waals surface area contributed by atoms with Crippen LogP contribution in [0.2, 0.25) is 0 Å². The second-order valence-corrected chi connectivity index (χ2v) is 6.83. The second kappa shape index (κ2) is 5.14. The zero-order chi connectivity index (χ0) is 14.3. The Balaban J connectivity index is 1.80. The van der Waals surface area contributed by atoms with Crippen LogP contribution in [0.3, 0.4) is 0 Å². The summed E-state index contributed by atoms with van der Waals surface area (Å²) in [4.78, 5) is 16.6.